The molecule has 8 nitrogen and oxygen atoms in total. The van der Waals surface area contributed by atoms with Crippen molar-refractivity contribution in [2.24, 2.45) is 0 Å². The number of halogens is 2. The average Bonchev–Trinajstić information content (AvgIpc) is 2.95. The predicted molar refractivity (Wildman–Crippen MR) is 161 cm³/mol. The second kappa shape index (κ2) is 14.5. The molecular weight excluding hydrogens is 613 g/mol. The van der Waals surface area contributed by atoms with Crippen molar-refractivity contribution in [2.45, 2.75) is 57.6 Å². The van der Waals surface area contributed by atoms with Crippen molar-refractivity contribution in [3.63, 3.8) is 0 Å². The third-order valence-corrected chi connectivity index (χ3v) is 8.90. The van der Waals surface area contributed by atoms with E-state index >= 15 is 0 Å². The predicted octanol–water partition coefficient (Wildman–Crippen LogP) is 5.51. The van der Waals surface area contributed by atoms with Crippen molar-refractivity contribution < 1.29 is 27.1 Å². The number of amides is 2. The maximum absolute atomic E-state index is 14.7. The number of nitrogens with zero attached hydrogens (tertiary/aromatic N) is 2. The monoisotopic (exact) mass is 647 g/mol. The van der Waals surface area contributed by atoms with Gasteiger partial charge in [-0.25, -0.2) is 12.8 Å². The van der Waals surface area contributed by atoms with Gasteiger partial charge in [-0.3, -0.25) is 13.9 Å². The number of benzene rings is 3. The highest BCUT2D eigenvalue weighted by Crippen LogP contribution is 2.27. The van der Waals surface area contributed by atoms with E-state index in [1.165, 1.54) is 35.2 Å². The van der Waals surface area contributed by atoms with E-state index in [0.717, 1.165) is 4.31 Å². The van der Waals surface area contributed by atoms with Crippen LogP contribution in [0.25, 0.3) is 0 Å². The Morgan fingerprint density at radius 3 is 2.20 bits per heavy atom. The Hall–Kier alpha value is -3.44. The highest BCUT2D eigenvalue weighted by atomic mass is 79.9. The fraction of sp³-hybridized carbons (Fsp3) is 0.333. The van der Waals surface area contributed by atoms with Gasteiger partial charge in [0.2, 0.25) is 11.8 Å². The lowest BCUT2D eigenvalue weighted by Crippen LogP contribution is -2.52. The first kappa shape index (κ1) is 32.1. The SMILES string of the molecule is CCOc1ccc(N(CC(=O)N(Cc2ccccc2F)[C@@H](C)C(=O)N[C@@H](C)CC)S(=O)(=O)c2ccc(Br)cc2)cc1. The molecule has 0 aliphatic carbocycles. The zero-order chi connectivity index (χ0) is 30.2. The summed E-state index contributed by atoms with van der Waals surface area (Å²) < 4.78 is 49.6. The summed E-state index contributed by atoms with van der Waals surface area (Å²) in [4.78, 5) is 28.2. The van der Waals surface area contributed by atoms with Crippen LogP contribution < -0.4 is 14.4 Å². The standard InChI is InChI=1S/C30H35BrFN3O5S/c1-5-21(3)33-30(37)22(4)34(19-23-9-7-8-10-28(23)32)29(36)20-35(25-13-15-26(16-14-25)40-6-2)41(38,39)27-17-11-24(31)12-18-27/h7-18,21-22H,5-6,19-20H2,1-4H3,(H,33,37)/t21-,22-/m0/s1. The van der Waals surface area contributed by atoms with Gasteiger partial charge in [-0.15, -0.1) is 0 Å². The van der Waals surface area contributed by atoms with Crippen LogP contribution in [-0.2, 0) is 26.2 Å². The third-order valence-electron chi connectivity index (χ3n) is 6.58. The molecule has 3 aromatic rings. The molecular formula is C30H35BrFN3O5S. The molecule has 220 valence electrons. The minimum absolute atomic E-state index is 0.0226. The molecule has 0 heterocycles. The number of ether oxygens (including phenoxy) is 1. The second-order valence-electron chi connectivity index (χ2n) is 9.50. The molecule has 3 rings (SSSR count). The molecule has 0 spiro atoms. The second-order valence-corrected chi connectivity index (χ2v) is 12.3. The number of anilines is 1. The molecule has 0 saturated heterocycles. The molecule has 2 atom stereocenters. The molecule has 0 saturated carbocycles. The van der Waals surface area contributed by atoms with Crippen molar-refractivity contribution in [2.75, 3.05) is 17.5 Å². The summed E-state index contributed by atoms with van der Waals surface area (Å²) in [7, 11) is -4.22. The van der Waals surface area contributed by atoms with E-state index in [-0.39, 0.29) is 28.7 Å². The Bertz CT molecular complexity index is 1440. The third kappa shape index (κ3) is 8.29. The number of hydrogen-bond acceptors (Lipinski definition) is 5. The normalized spacial score (nSPS) is 12.7. The Morgan fingerprint density at radius 1 is 0.976 bits per heavy atom. The van der Waals surface area contributed by atoms with Crippen LogP contribution in [0.3, 0.4) is 0 Å². The molecule has 2 amide bonds. The van der Waals surface area contributed by atoms with Crippen LogP contribution in [0, 0.1) is 5.82 Å². The summed E-state index contributed by atoms with van der Waals surface area (Å²) in [5.41, 5.74) is 0.430. The maximum atomic E-state index is 14.7. The van der Waals surface area contributed by atoms with E-state index in [0.29, 0.717) is 23.2 Å². The number of hydrogen-bond donors (Lipinski definition) is 1. The van der Waals surface area contributed by atoms with Gasteiger partial charge in [0.15, 0.2) is 0 Å². The van der Waals surface area contributed by atoms with Crippen molar-refractivity contribution in [1.82, 2.24) is 10.2 Å². The van der Waals surface area contributed by atoms with Crippen molar-refractivity contribution in [3.05, 3.63) is 88.6 Å². The van der Waals surface area contributed by atoms with Gasteiger partial charge in [-0.05, 0) is 81.8 Å². The first-order chi connectivity index (χ1) is 19.5. The van der Waals surface area contributed by atoms with Crippen LogP contribution in [0.5, 0.6) is 5.75 Å². The Morgan fingerprint density at radius 2 is 1.61 bits per heavy atom. The number of carbonyl (C=O) groups is 2. The highest BCUT2D eigenvalue weighted by molar-refractivity contribution is 9.10. The van der Waals surface area contributed by atoms with Gasteiger partial charge in [-0.2, -0.15) is 0 Å². The van der Waals surface area contributed by atoms with E-state index in [2.05, 4.69) is 21.2 Å². The summed E-state index contributed by atoms with van der Waals surface area (Å²) in [5.74, 6) is -1.09. The van der Waals surface area contributed by atoms with Crippen molar-refractivity contribution in [1.29, 1.82) is 0 Å². The molecule has 0 aliphatic heterocycles. The highest BCUT2D eigenvalue weighted by Gasteiger charge is 2.33. The molecule has 0 radical (unpaired) electrons. The van der Waals surface area contributed by atoms with Crippen LogP contribution in [0.15, 0.2) is 82.2 Å². The van der Waals surface area contributed by atoms with Gasteiger partial charge in [0, 0.05) is 22.6 Å². The number of carbonyl (C=O) groups excluding carboxylic acids is 2. The molecule has 3 aromatic carbocycles. The van der Waals surface area contributed by atoms with Gasteiger partial charge < -0.3 is 15.0 Å². The number of rotatable bonds is 13. The van der Waals surface area contributed by atoms with Gasteiger partial charge in [0.05, 0.1) is 17.2 Å². The van der Waals surface area contributed by atoms with E-state index in [1.54, 1.807) is 49.4 Å². The summed E-state index contributed by atoms with van der Waals surface area (Å²) in [6, 6.07) is 17.2. The molecule has 1 N–H and O–H groups in total. The quantitative estimate of drug-likeness (QED) is 0.264. The lowest BCUT2D eigenvalue weighted by molar-refractivity contribution is -0.139. The van der Waals surface area contributed by atoms with E-state index in [9.17, 15) is 22.4 Å². The molecule has 0 bridgehead atoms. The van der Waals surface area contributed by atoms with Crippen molar-refractivity contribution in [3.8, 4) is 5.75 Å². The lowest BCUT2D eigenvalue weighted by atomic mass is 10.1. The van der Waals surface area contributed by atoms with Crippen LogP contribution >= 0.6 is 15.9 Å². The maximum Gasteiger partial charge on any atom is 0.264 e. The summed E-state index contributed by atoms with van der Waals surface area (Å²) >= 11 is 3.31. The molecule has 0 aliphatic rings. The summed E-state index contributed by atoms with van der Waals surface area (Å²) in [6.45, 7) is 6.71. The van der Waals surface area contributed by atoms with Crippen LogP contribution in [0.1, 0.15) is 39.7 Å². The fourth-order valence-electron chi connectivity index (χ4n) is 4.00. The van der Waals surface area contributed by atoms with E-state index in [4.69, 9.17) is 4.74 Å². The zero-order valence-corrected chi connectivity index (χ0v) is 25.9. The Labute approximate surface area is 249 Å². The molecule has 11 heteroatoms. The number of nitrogens with one attached hydrogen (secondary N) is 1. The fourth-order valence-corrected chi connectivity index (χ4v) is 5.67. The first-order valence-electron chi connectivity index (χ1n) is 13.3. The minimum atomic E-state index is -4.22. The molecule has 0 fully saturated rings. The molecule has 0 aromatic heterocycles. The van der Waals surface area contributed by atoms with Gasteiger partial charge in [-0.1, -0.05) is 41.1 Å². The zero-order valence-electron chi connectivity index (χ0n) is 23.5. The largest absolute Gasteiger partial charge is 0.494 e. The Balaban J connectivity index is 2.04. The molecule has 41 heavy (non-hydrogen) atoms. The van der Waals surface area contributed by atoms with E-state index < -0.39 is 40.2 Å². The van der Waals surface area contributed by atoms with Crippen LogP contribution in [-0.4, -0.2) is 50.4 Å². The van der Waals surface area contributed by atoms with Crippen LogP contribution in [0.2, 0.25) is 0 Å². The topological polar surface area (TPSA) is 96.0 Å². The van der Waals surface area contributed by atoms with Gasteiger partial charge in [0.25, 0.3) is 10.0 Å². The average molecular weight is 649 g/mol. The van der Waals surface area contributed by atoms with E-state index in [1.807, 2.05) is 20.8 Å². The number of sulfonamides is 1. The smallest absolute Gasteiger partial charge is 0.264 e. The van der Waals surface area contributed by atoms with Crippen molar-refractivity contribution >= 4 is 43.5 Å². The minimum Gasteiger partial charge on any atom is -0.494 e. The molecule has 0 unspecified atom stereocenters. The van der Waals surface area contributed by atoms with Gasteiger partial charge >= 0.3 is 0 Å². The lowest BCUT2D eigenvalue weighted by Gasteiger charge is -2.32. The Kier molecular flexibility index (Phi) is 11.3. The summed E-state index contributed by atoms with van der Waals surface area (Å²) in [6.07, 6.45) is 0.677. The summed E-state index contributed by atoms with van der Waals surface area (Å²) in [5, 5.41) is 2.85. The first-order valence-corrected chi connectivity index (χ1v) is 15.6. The van der Waals surface area contributed by atoms with Gasteiger partial charge in [0.1, 0.15) is 24.2 Å². The van der Waals surface area contributed by atoms with Crippen LogP contribution in [0.4, 0.5) is 10.1 Å².